The molecule has 1 N–H and O–H groups in total. The number of rotatable bonds is 1. The summed E-state index contributed by atoms with van der Waals surface area (Å²) in [5.41, 5.74) is 3.56. The van der Waals surface area contributed by atoms with Gasteiger partial charge in [-0.25, -0.2) is 4.39 Å². The van der Waals surface area contributed by atoms with Crippen molar-refractivity contribution in [2.75, 3.05) is 6.54 Å². The number of hydrogen-bond acceptors (Lipinski definition) is 2. The molecule has 0 spiro atoms. The predicted molar refractivity (Wildman–Crippen MR) is 75.4 cm³/mol. The number of hydrogen-bond donors (Lipinski definition) is 1. The number of aromatic amines is 1. The van der Waals surface area contributed by atoms with Crippen molar-refractivity contribution in [2.45, 2.75) is 13.0 Å². The molecule has 0 saturated carbocycles. The van der Waals surface area contributed by atoms with Crippen LogP contribution in [-0.2, 0) is 13.0 Å². The first-order valence-electron chi connectivity index (χ1n) is 6.83. The second-order valence-electron chi connectivity index (χ2n) is 5.26. The number of nitrogens with one attached hydrogen (secondary N) is 1. The number of furan rings is 1. The summed E-state index contributed by atoms with van der Waals surface area (Å²) in [6.07, 6.45) is 3.69. The number of carbonyl (C=O) groups is 1. The largest absolute Gasteiger partial charge is 0.472 e. The molecule has 3 heterocycles. The summed E-state index contributed by atoms with van der Waals surface area (Å²) in [5.74, 6) is -0.317. The van der Waals surface area contributed by atoms with Crippen LogP contribution in [0.15, 0.2) is 41.2 Å². The fourth-order valence-corrected chi connectivity index (χ4v) is 2.93. The summed E-state index contributed by atoms with van der Waals surface area (Å²) in [5, 5.41) is 0.856. The Morgan fingerprint density at radius 1 is 1.33 bits per heavy atom. The van der Waals surface area contributed by atoms with E-state index in [1.54, 1.807) is 17.0 Å². The fraction of sp³-hybridized carbons (Fsp3) is 0.188. The number of H-pyrrole nitrogens is 1. The zero-order valence-electron chi connectivity index (χ0n) is 11.2. The van der Waals surface area contributed by atoms with Crippen molar-refractivity contribution >= 4 is 16.8 Å². The van der Waals surface area contributed by atoms with E-state index in [1.165, 1.54) is 24.7 Å². The molecule has 0 aliphatic carbocycles. The van der Waals surface area contributed by atoms with Gasteiger partial charge in [0.15, 0.2) is 0 Å². The first kappa shape index (κ1) is 12.2. The zero-order valence-corrected chi connectivity index (χ0v) is 11.2. The summed E-state index contributed by atoms with van der Waals surface area (Å²) >= 11 is 0. The molecule has 1 aliphatic rings. The quantitative estimate of drug-likeness (QED) is 0.746. The van der Waals surface area contributed by atoms with Crippen LogP contribution < -0.4 is 0 Å². The normalized spacial score (nSPS) is 14.4. The Kier molecular flexibility index (Phi) is 2.60. The highest BCUT2D eigenvalue weighted by Crippen LogP contribution is 2.29. The van der Waals surface area contributed by atoms with Gasteiger partial charge >= 0.3 is 0 Å². The molecule has 1 amide bonds. The first-order valence-corrected chi connectivity index (χ1v) is 6.83. The second-order valence-corrected chi connectivity index (χ2v) is 5.26. The van der Waals surface area contributed by atoms with Crippen LogP contribution in [0.1, 0.15) is 21.6 Å². The maximum atomic E-state index is 13.5. The van der Waals surface area contributed by atoms with Crippen molar-refractivity contribution < 1.29 is 13.6 Å². The summed E-state index contributed by atoms with van der Waals surface area (Å²) in [6.45, 7) is 1.13. The van der Waals surface area contributed by atoms with E-state index in [-0.39, 0.29) is 11.7 Å². The summed E-state index contributed by atoms with van der Waals surface area (Å²) in [7, 11) is 0. The van der Waals surface area contributed by atoms with Crippen LogP contribution in [0, 0.1) is 5.82 Å². The Labute approximate surface area is 120 Å². The molecule has 0 radical (unpaired) electrons. The van der Waals surface area contributed by atoms with Crippen LogP contribution in [0.2, 0.25) is 0 Å². The third-order valence-corrected chi connectivity index (χ3v) is 3.99. The number of amides is 1. The van der Waals surface area contributed by atoms with Gasteiger partial charge in [0.1, 0.15) is 12.1 Å². The molecule has 106 valence electrons. The van der Waals surface area contributed by atoms with Gasteiger partial charge in [0.2, 0.25) is 0 Å². The van der Waals surface area contributed by atoms with E-state index in [9.17, 15) is 9.18 Å². The summed E-state index contributed by atoms with van der Waals surface area (Å²) in [6, 6.07) is 6.37. The van der Waals surface area contributed by atoms with Crippen molar-refractivity contribution in [2.24, 2.45) is 0 Å². The van der Waals surface area contributed by atoms with Gasteiger partial charge < -0.3 is 14.3 Å². The van der Waals surface area contributed by atoms with Crippen molar-refractivity contribution in [3.05, 3.63) is 59.4 Å². The SMILES string of the molecule is O=C(c1ccoc1)N1CCc2[nH]c3ccc(F)cc3c2C1. The van der Waals surface area contributed by atoms with Gasteiger partial charge in [0.05, 0.1) is 11.8 Å². The van der Waals surface area contributed by atoms with Crippen LogP contribution in [-0.4, -0.2) is 22.3 Å². The minimum absolute atomic E-state index is 0.0554. The van der Waals surface area contributed by atoms with E-state index in [0.717, 1.165) is 28.6 Å². The highest BCUT2D eigenvalue weighted by molar-refractivity contribution is 5.94. The minimum atomic E-state index is -0.261. The smallest absolute Gasteiger partial charge is 0.257 e. The van der Waals surface area contributed by atoms with Gasteiger partial charge in [-0.15, -0.1) is 0 Å². The summed E-state index contributed by atoms with van der Waals surface area (Å²) < 4.78 is 18.4. The Morgan fingerprint density at radius 2 is 2.24 bits per heavy atom. The van der Waals surface area contributed by atoms with Gasteiger partial charge in [0, 0.05) is 41.7 Å². The molecular formula is C16H13FN2O2. The molecule has 2 aromatic heterocycles. The van der Waals surface area contributed by atoms with Crippen LogP contribution >= 0.6 is 0 Å². The van der Waals surface area contributed by atoms with Crippen LogP contribution in [0.3, 0.4) is 0 Å². The average molecular weight is 284 g/mol. The standard InChI is InChI=1S/C16H13FN2O2/c17-11-1-2-14-12(7-11)13-8-19(5-3-15(13)18-14)16(20)10-4-6-21-9-10/h1-2,4,6-7,9,18H,3,5,8H2. The molecule has 1 aliphatic heterocycles. The van der Waals surface area contributed by atoms with E-state index >= 15 is 0 Å². The maximum Gasteiger partial charge on any atom is 0.257 e. The fourth-order valence-electron chi connectivity index (χ4n) is 2.93. The number of benzene rings is 1. The third-order valence-electron chi connectivity index (χ3n) is 3.99. The predicted octanol–water partition coefficient (Wildman–Crippen LogP) is 3.10. The third kappa shape index (κ3) is 1.93. The average Bonchev–Trinajstić information content (AvgIpc) is 3.13. The van der Waals surface area contributed by atoms with E-state index in [1.807, 2.05) is 0 Å². The Morgan fingerprint density at radius 3 is 3.05 bits per heavy atom. The van der Waals surface area contributed by atoms with Crippen molar-refractivity contribution in [1.29, 1.82) is 0 Å². The molecule has 5 heteroatoms. The number of nitrogens with zero attached hydrogens (tertiary/aromatic N) is 1. The van der Waals surface area contributed by atoms with Crippen LogP contribution in [0.4, 0.5) is 4.39 Å². The van der Waals surface area contributed by atoms with Gasteiger partial charge in [0.25, 0.3) is 5.91 Å². The van der Waals surface area contributed by atoms with Gasteiger partial charge in [-0.1, -0.05) is 0 Å². The maximum absolute atomic E-state index is 13.5. The molecule has 0 fully saturated rings. The van der Waals surface area contributed by atoms with E-state index in [4.69, 9.17) is 4.42 Å². The lowest BCUT2D eigenvalue weighted by molar-refractivity contribution is 0.0734. The first-order chi connectivity index (χ1) is 10.2. The van der Waals surface area contributed by atoms with Gasteiger partial charge in [-0.05, 0) is 24.3 Å². The monoisotopic (exact) mass is 284 g/mol. The van der Waals surface area contributed by atoms with E-state index in [2.05, 4.69) is 4.98 Å². The number of carbonyl (C=O) groups excluding carboxylic acids is 1. The van der Waals surface area contributed by atoms with Crippen molar-refractivity contribution in [1.82, 2.24) is 9.88 Å². The molecular weight excluding hydrogens is 271 g/mol. The molecule has 0 bridgehead atoms. The number of aromatic nitrogens is 1. The Bertz CT molecular complexity index is 820. The number of halogens is 1. The molecule has 0 unspecified atom stereocenters. The number of fused-ring (bicyclic) bond motifs is 3. The molecule has 3 aromatic rings. The van der Waals surface area contributed by atoms with Crippen LogP contribution in [0.25, 0.3) is 10.9 Å². The van der Waals surface area contributed by atoms with E-state index < -0.39 is 0 Å². The molecule has 0 saturated heterocycles. The molecule has 4 nitrogen and oxygen atoms in total. The molecule has 0 atom stereocenters. The lowest BCUT2D eigenvalue weighted by atomic mass is 10.0. The van der Waals surface area contributed by atoms with Gasteiger partial charge in [-0.3, -0.25) is 4.79 Å². The van der Waals surface area contributed by atoms with E-state index in [0.29, 0.717) is 18.7 Å². The molecule has 1 aromatic carbocycles. The second kappa shape index (κ2) is 4.48. The minimum Gasteiger partial charge on any atom is -0.472 e. The zero-order chi connectivity index (χ0) is 14.4. The lowest BCUT2D eigenvalue weighted by Crippen LogP contribution is -2.35. The van der Waals surface area contributed by atoms with Crippen molar-refractivity contribution in [3.8, 4) is 0 Å². The highest BCUT2D eigenvalue weighted by Gasteiger charge is 2.25. The topological polar surface area (TPSA) is 49.2 Å². The Balaban J connectivity index is 1.72. The van der Waals surface area contributed by atoms with Gasteiger partial charge in [-0.2, -0.15) is 0 Å². The molecule has 21 heavy (non-hydrogen) atoms. The van der Waals surface area contributed by atoms with Crippen molar-refractivity contribution in [3.63, 3.8) is 0 Å². The van der Waals surface area contributed by atoms with Crippen LogP contribution in [0.5, 0.6) is 0 Å². The summed E-state index contributed by atoms with van der Waals surface area (Å²) in [4.78, 5) is 17.5. The Hall–Kier alpha value is -2.56. The molecule has 4 rings (SSSR count). The lowest BCUT2D eigenvalue weighted by Gasteiger charge is -2.26. The highest BCUT2D eigenvalue weighted by atomic mass is 19.1.